The van der Waals surface area contributed by atoms with Gasteiger partial charge in [0, 0.05) is 25.0 Å². The third kappa shape index (κ3) is 3.26. The predicted molar refractivity (Wildman–Crippen MR) is 110 cm³/mol. The molecule has 1 unspecified atom stereocenters. The Morgan fingerprint density at radius 3 is 2.72 bits per heavy atom. The van der Waals surface area contributed by atoms with Crippen molar-refractivity contribution in [2.24, 2.45) is 0 Å². The number of benzene rings is 1. The van der Waals surface area contributed by atoms with Crippen molar-refractivity contribution in [1.29, 1.82) is 0 Å². The first kappa shape index (κ1) is 17.5. The molecule has 1 atom stereocenters. The molecule has 5 rings (SSSR count). The largest absolute Gasteiger partial charge is 0.350 e. The van der Waals surface area contributed by atoms with Gasteiger partial charge in [0.25, 0.3) is 5.56 Å². The molecule has 0 N–H and O–H groups in total. The summed E-state index contributed by atoms with van der Waals surface area (Å²) in [5.74, 6) is 1.57. The summed E-state index contributed by atoms with van der Waals surface area (Å²) in [4.78, 5) is 28.4. The molecule has 1 aliphatic rings. The molecular formula is C21H21N7O. The van der Waals surface area contributed by atoms with E-state index in [1.807, 2.05) is 37.4 Å². The second-order valence-electron chi connectivity index (χ2n) is 7.29. The van der Waals surface area contributed by atoms with Crippen LogP contribution in [0.2, 0.25) is 0 Å². The zero-order valence-electron chi connectivity index (χ0n) is 16.1. The summed E-state index contributed by atoms with van der Waals surface area (Å²) < 4.78 is 3.34. The van der Waals surface area contributed by atoms with E-state index in [4.69, 9.17) is 9.97 Å². The third-order valence-electron chi connectivity index (χ3n) is 5.37. The van der Waals surface area contributed by atoms with E-state index < -0.39 is 0 Å². The van der Waals surface area contributed by atoms with Crippen molar-refractivity contribution in [3.05, 3.63) is 71.2 Å². The molecule has 1 aromatic carbocycles. The third-order valence-corrected chi connectivity index (χ3v) is 5.37. The van der Waals surface area contributed by atoms with Gasteiger partial charge in [0.15, 0.2) is 11.6 Å². The monoisotopic (exact) mass is 387 g/mol. The molecule has 1 saturated heterocycles. The Balaban J connectivity index is 1.47. The molecule has 1 fully saturated rings. The molecular weight excluding hydrogens is 366 g/mol. The van der Waals surface area contributed by atoms with Crippen LogP contribution in [-0.2, 0) is 6.54 Å². The van der Waals surface area contributed by atoms with E-state index in [9.17, 15) is 4.79 Å². The van der Waals surface area contributed by atoms with E-state index >= 15 is 0 Å². The standard InChI is InChI=1S/C21H21N7O/c1-15-21(24-18-7-3-2-6-17(18)23-15)27-11-4-5-16(27)13-28-20(29)9-8-19(25-28)26-12-10-22-14-26/h2-3,6-10,12,14,16H,4-5,11,13H2,1H3. The fourth-order valence-corrected chi connectivity index (χ4v) is 3.96. The molecule has 0 radical (unpaired) electrons. The van der Waals surface area contributed by atoms with E-state index in [0.717, 1.165) is 41.9 Å². The summed E-state index contributed by atoms with van der Waals surface area (Å²) in [6.45, 7) is 3.40. The summed E-state index contributed by atoms with van der Waals surface area (Å²) >= 11 is 0. The second kappa shape index (κ2) is 7.12. The topological polar surface area (TPSA) is 81.7 Å². The van der Waals surface area contributed by atoms with Gasteiger partial charge in [-0.3, -0.25) is 9.36 Å². The van der Waals surface area contributed by atoms with Gasteiger partial charge in [0.1, 0.15) is 6.33 Å². The van der Waals surface area contributed by atoms with Crippen LogP contribution >= 0.6 is 0 Å². The molecule has 8 nitrogen and oxygen atoms in total. The van der Waals surface area contributed by atoms with Crippen LogP contribution in [0.4, 0.5) is 5.82 Å². The van der Waals surface area contributed by atoms with Gasteiger partial charge in [0.05, 0.1) is 29.3 Å². The number of anilines is 1. The van der Waals surface area contributed by atoms with Gasteiger partial charge in [-0.15, -0.1) is 0 Å². The van der Waals surface area contributed by atoms with Gasteiger partial charge in [-0.2, -0.15) is 5.10 Å². The fourth-order valence-electron chi connectivity index (χ4n) is 3.96. The molecule has 3 aromatic heterocycles. The molecule has 0 amide bonds. The number of aromatic nitrogens is 6. The lowest BCUT2D eigenvalue weighted by molar-refractivity contribution is 0.484. The van der Waals surface area contributed by atoms with E-state index in [2.05, 4.69) is 15.0 Å². The minimum atomic E-state index is -0.109. The Labute approximate surface area is 167 Å². The van der Waals surface area contributed by atoms with E-state index in [1.54, 1.807) is 33.9 Å². The number of hydrogen-bond donors (Lipinski definition) is 0. The maximum atomic E-state index is 12.4. The normalized spacial score (nSPS) is 16.6. The molecule has 29 heavy (non-hydrogen) atoms. The number of para-hydroxylation sites is 2. The summed E-state index contributed by atoms with van der Waals surface area (Å²) in [6, 6.07) is 11.3. The lowest BCUT2D eigenvalue weighted by Gasteiger charge is -2.27. The minimum absolute atomic E-state index is 0.109. The average molecular weight is 387 g/mol. The van der Waals surface area contributed by atoms with Crippen LogP contribution in [0.3, 0.4) is 0 Å². The summed E-state index contributed by atoms with van der Waals surface area (Å²) in [7, 11) is 0. The van der Waals surface area contributed by atoms with Crippen molar-refractivity contribution in [2.75, 3.05) is 11.4 Å². The van der Waals surface area contributed by atoms with E-state index in [0.29, 0.717) is 12.4 Å². The summed E-state index contributed by atoms with van der Waals surface area (Å²) in [5.41, 5.74) is 2.58. The zero-order valence-corrected chi connectivity index (χ0v) is 16.1. The van der Waals surface area contributed by atoms with Crippen molar-refractivity contribution in [3.8, 4) is 5.82 Å². The molecule has 1 aliphatic heterocycles. The molecule has 0 saturated carbocycles. The molecule has 0 aliphatic carbocycles. The quantitative estimate of drug-likeness (QED) is 0.535. The van der Waals surface area contributed by atoms with Crippen LogP contribution in [-0.4, -0.2) is 41.9 Å². The van der Waals surface area contributed by atoms with Gasteiger partial charge in [0.2, 0.25) is 0 Å². The van der Waals surface area contributed by atoms with Crippen LogP contribution in [0.5, 0.6) is 0 Å². The molecule has 146 valence electrons. The maximum Gasteiger partial charge on any atom is 0.266 e. The first-order valence-corrected chi connectivity index (χ1v) is 9.75. The zero-order chi connectivity index (χ0) is 19.8. The van der Waals surface area contributed by atoms with Gasteiger partial charge in [-0.05, 0) is 38.0 Å². The highest BCUT2D eigenvalue weighted by Gasteiger charge is 2.28. The molecule has 4 aromatic rings. The van der Waals surface area contributed by atoms with Crippen LogP contribution in [0.1, 0.15) is 18.5 Å². The maximum absolute atomic E-state index is 12.4. The Morgan fingerprint density at radius 1 is 1.10 bits per heavy atom. The van der Waals surface area contributed by atoms with Gasteiger partial charge >= 0.3 is 0 Å². The lowest BCUT2D eigenvalue weighted by atomic mass is 10.2. The Kier molecular flexibility index (Phi) is 4.31. The highest BCUT2D eigenvalue weighted by molar-refractivity contribution is 5.76. The first-order valence-electron chi connectivity index (χ1n) is 9.75. The Morgan fingerprint density at radius 2 is 1.93 bits per heavy atom. The highest BCUT2D eigenvalue weighted by atomic mass is 16.1. The Bertz CT molecular complexity index is 1220. The smallest absolute Gasteiger partial charge is 0.266 e. The van der Waals surface area contributed by atoms with Crippen molar-refractivity contribution in [1.82, 2.24) is 29.3 Å². The highest BCUT2D eigenvalue weighted by Crippen LogP contribution is 2.28. The number of rotatable bonds is 4. The molecule has 4 heterocycles. The van der Waals surface area contributed by atoms with Gasteiger partial charge < -0.3 is 4.90 Å². The van der Waals surface area contributed by atoms with Crippen LogP contribution in [0.25, 0.3) is 16.9 Å². The second-order valence-corrected chi connectivity index (χ2v) is 7.29. The number of imidazole rings is 1. The average Bonchev–Trinajstić information content (AvgIpc) is 3.41. The molecule has 8 heteroatoms. The number of hydrogen-bond acceptors (Lipinski definition) is 6. The fraction of sp³-hybridized carbons (Fsp3) is 0.286. The van der Waals surface area contributed by atoms with E-state index in [-0.39, 0.29) is 11.6 Å². The predicted octanol–water partition coefficient (Wildman–Crippen LogP) is 2.35. The van der Waals surface area contributed by atoms with Crippen molar-refractivity contribution < 1.29 is 0 Å². The van der Waals surface area contributed by atoms with Gasteiger partial charge in [-0.25, -0.2) is 19.6 Å². The van der Waals surface area contributed by atoms with Crippen molar-refractivity contribution in [3.63, 3.8) is 0 Å². The molecule has 0 bridgehead atoms. The summed E-state index contributed by atoms with van der Waals surface area (Å²) in [5, 5.41) is 4.54. The first-order chi connectivity index (χ1) is 14.2. The lowest BCUT2D eigenvalue weighted by Crippen LogP contribution is -2.38. The molecule has 0 spiro atoms. The number of aryl methyl sites for hydroxylation is 1. The Hall–Kier alpha value is -3.55. The number of nitrogens with zero attached hydrogens (tertiary/aromatic N) is 7. The number of fused-ring (bicyclic) bond motifs is 1. The summed E-state index contributed by atoms with van der Waals surface area (Å²) in [6.07, 6.45) is 7.21. The van der Waals surface area contributed by atoms with Gasteiger partial charge in [-0.1, -0.05) is 12.1 Å². The van der Waals surface area contributed by atoms with Crippen molar-refractivity contribution in [2.45, 2.75) is 32.4 Å². The van der Waals surface area contributed by atoms with E-state index in [1.165, 1.54) is 0 Å². The SMILES string of the molecule is Cc1nc2ccccc2nc1N1CCCC1Cn1nc(-n2ccnc2)ccc1=O. The van der Waals surface area contributed by atoms with Crippen LogP contribution in [0.15, 0.2) is 59.9 Å². The van der Waals surface area contributed by atoms with Crippen LogP contribution in [0, 0.1) is 6.92 Å². The van der Waals surface area contributed by atoms with Crippen LogP contribution < -0.4 is 10.5 Å². The van der Waals surface area contributed by atoms with Crippen molar-refractivity contribution >= 4 is 16.9 Å². The minimum Gasteiger partial charge on any atom is -0.350 e.